The third-order valence-electron chi connectivity index (χ3n) is 2.27. The van der Waals surface area contributed by atoms with Crippen LogP contribution in [0.5, 0.6) is 0 Å². The molecule has 1 rings (SSSR count). The molecule has 0 saturated carbocycles. The van der Waals surface area contributed by atoms with Crippen LogP contribution in [-0.2, 0) is 4.79 Å². The van der Waals surface area contributed by atoms with Crippen molar-refractivity contribution >= 4 is 11.7 Å². The van der Waals surface area contributed by atoms with Gasteiger partial charge in [0.2, 0.25) is 0 Å². The number of aliphatic hydroxyl groups excluding tert-OH is 2. The van der Waals surface area contributed by atoms with Crippen molar-refractivity contribution in [1.29, 1.82) is 0 Å². The van der Waals surface area contributed by atoms with Gasteiger partial charge in [-0.25, -0.2) is 0 Å². The summed E-state index contributed by atoms with van der Waals surface area (Å²) in [6.07, 6.45) is -1.93. The molecular weight excluding hydrogens is 212 g/mol. The van der Waals surface area contributed by atoms with Gasteiger partial charge in [-0.05, 0) is 18.6 Å². The normalized spacial score (nSPS) is 14.4. The van der Waals surface area contributed by atoms with E-state index in [4.69, 9.17) is 10.8 Å². The van der Waals surface area contributed by atoms with E-state index in [2.05, 4.69) is 4.98 Å². The average Bonchev–Trinajstić information content (AvgIpc) is 2.20. The zero-order valence-corrected chi connectivity index (χ0v) is 8.79. The molecule has 0 aliphatic heterocycles. The van der Waals surface area contributed by atoms with E-state index >= 15 is 0 Å². The molecule has 16 heavy (non-hydrogen) atoms. The highest BCUT2D eigenvalue weighted by Crippen LogP contribution is 2.24. The lowest BCUT2D eigenvalue weighted by Crippen LogP contribution is -2.23. The smallest absolute Gasteiger partial charge is 0.306 e. The minimum absolute atomic E-state index is 0.105. The number of aryl methyl sites for hydroxylation is 1. The molecule has 1 heterocycles. The van der Waals surface area contributed by atoms with Crippen LogP contribution in [0.25, 0.3) is 0 Å². The predicted molar refractivity (Wildman–Crippen MR) is 56.6 cm³/mol. The molecule has 0 spiro atoms. The Bertz CT molecular complexity index is 394. The highest BCUT2D eigenvalue weighted by Gasteiger charge is 2.24. The lowest BCUT2D eigenvalue weighted by Gasteiger charge is -2.17. The minimum atomic E-state index is -1.42. The molecule has 6 nitrogen and oxygen atoms in total. The van der Waals surface area contributed by atoms with Crippen LogP contribution in [0.4, 0.5) is 5.69 Å². The van der Waals surface area contributed by atoms with Crippen LogP contribution >= 0.6 is 0 Å². The summed E-state index contributed by atoms with van der Waals surface area (Å²) in [5.74, 6) is -1.20. The van der Waals surface area contributed by atoms with E-state index in [9.17, 15) is 15.0 Å². The number of aromatic nitrogens is 1. The summed E-state index contributed by atoms with van der Waals surface area (Å²) >= 11 is 0. The lowest BCUT2D eigenvalue weighted by molar-refractivity contribution is -0.141. The molecule has 0 aliphatic carbocycles. The summed E-state index contributed by atoms with van der Waals surface area (Å²) in [4.78, 5) is 14.2. The van der Waals surface area contributed by atoms with Crippen LogP contribution in [0.3, 0.4) is 0 Å². The largest absolute Gasteiger partial charge is 0.481 e. The summed E-state index contributed by atoms with van der Waals surface area (Å²) in [5, 5.41) is 27.6. The Labute approximate surface area is 92.4 Å². The summed E-state index contributed by atoms with van der Waals surface area (Å²) < 4.78 is 0. The molecule has 0 bridgehead atoms. The Morgan fingerprint density at radius 2 is 2.19 bits per heavy atom. The Kier molecular flexibility index (Phi) is 3.81. The van der Waals surface area contributed by atoms with Gasteiger partial charge in [0.15, 0.2) is 0 Å². The molecule has 0 radical (unpaired) electrons. The molecule has 0 amide bonds. The maximum atomic E-state index is 10.4. The summed E-state index contributed by atoms with van der Waals surface area (Å²) in [6, 6.07) is 1.66. The molecule has 0 saturated heterocycles. The first-order valence-corrected chi connectivity index (χ1v) is 4.72. The molecule has 88 valence electrons. The number of hydrogen-bond acceptors (Lipinski definition) is 5. The topological polar surface area (TPSA) is 117 Å². The number of anilines is 1. The van der Waals surface area contributed by atoms with Gasteiger partial charge in [-0.1, -0.05) is 0 Å². The third-order valence-corrected chi connectivity index (χ3v) is 2.27. The number of nitrogen functional groups attached to an aromatic ring is 1. The van der Waals surface area contributed by atoms with Crippen molar-refractivity contribution in [3.05, 3.63) is 23.5 Å². The van der Waals surface area contributed by atoms with Gasteiger partial charge in [0.05, 0.1) is 23.9 Å². The lowest BCUT2D eigenvalue weighted by atomic mass is 10.0. The Morgan fingerprint density at radius 1 is 1.56 bits per heavy atom. The molecule has 2 atom stereocenters. The van der Waals surface area contributed by atoms with Crippen LogP contribution in [0.15, 0.2) is 12.3 Å². The first kappa shape index (κ1) is 12.4. The van der Waals surface area contributed by atoms with E-state index in [1.165, 1.54) is 6.20 Å². The molecule has 0 aromatic carbocycles. The number of aliphatic hydroxyl groups is 2. The molecular formula is C10H14N2O4. The molecule has 2 unspecified atom stereocenters. The van der Waals surface area contributed by atoms with Gasteiger partial charge < -0.3 is 21.1 Å². The van der Waals surface area contributed by atoms with Gasteiger partial charge in [-0.2, -0.15) is 0 Å². The van der Waals surface area contributed by atoms with Crippen molar-refractivity contribution < 1.29 is 20.1 Å². The van der Waals surface area contributed by atoms with Gasteiger partial charge in [0.1, 0.15) is 6.10 Å². The van der Waals surface area contributed by atoms with Crippen molar-refractivity contribution in [3.8, 4) is 0 Å². The number of pyridine rings is 1. The second-order valence-electron chi connectivity index (χ2n) is 3.54. The van der Waals surface area contributed by atoms with E-state index < -0.39 is 24.6 Å². The van der Waals surface area contributed by atoms with Gasteiger partial charge >= 0.3 is 5.97 Å². The molecule has 1 aromatic heterocycles. The molecule has 6 heteroatoms. The van der Waals surface area contributed by atoms with Crippen LogP contribution in [0.2, 0.25) is 0 Å². The van der Waals surface area contributed by atoms with Crippen LogP contribution < -0.4 is 5.73 Å². The van der Waals surface area contributed by atoms with Crippen LogP contribution in [0, 0.1) is 6.92 Å². The first-order chi connectivity index (χ1) is 7.43. The predicted octanol–water partition coefficient (Wildman–Crippen LogP) is -0.159. The van der Waals surface area contributed by atoms with E-state index in [1.807, 2.05) is 0 Å². The minimum Gasteiger partial charge on any atom is -0.481 e. The summed E-state index contributed by atoms with van der Waals surface area (Å²) in [5.41, 5.74) is 6.75. The Hall–Kier alpha value is -1.66. The zero-order valence-electron chi connectivity index (χ0n) is 8.79. The maximum Gasteiger partial charge on any atom is 0.306 e. The fraction of sp³-hybridized carbons (Fsp3) is 0.400. The van der Waals surface area contributed by atoms with Crippen molar-refractivity contribution in [2.45, 2.75) is 25.6 Å². The van der Waals surface area contributed by atoms with Gasteiger partial charge in [0, 0.05) is 6.20 Å². The molecule has 1 aromatic rings. The number of carbonyl (C=O) groups is 1. The Balaban J connectivity index is 2.91. The third kappa shape index (κ3) is 2.68. The highest BCUT2D eigenvalue weighted by atomic mass is 16.4. The van der Waals surface area contributed by atoms with E-state index in [-0.39, 0.29) is 11.4 Å². The van der Waals surface area contributed by atoms with Crippen molar-refractivity contribution in [2.75, 3.05) is 5.73 Å². The van der Waals surface area contributed by atoms with E-state index in [0.717, 1.165) is 0 Å². The Morgan fingerprint density at radius 3 is 2.75 bits per heavy atom. The van der Waals surface area contributed by atoms with Gasteiger partial charge in [0.25, 0.3) is 0 Å². The molecule has 0 fully saturated rings. The van der Waals surface area contributed by atoms with Gasteiger partial charge in [-0.15, -0.1) is 0 Å². The van der Waals surface area contributed by atoms with Crippen LogP contribution in [-0.4, -0.2) is 32.4 Å². The quantitative estimate of drug-likeness (QED) is 0.567. The number of hydrogen-bond donors (Lipinski definition) is 4. The SMILES string of the molecule is Cc1ccnc(C(O)C(O)CC(=O)O)c1N. The van der Waals surface area contributed by atoms with Crippen LogP contribution in [0.1, 0.15) is 23.8 Å². The average molecular weight is 226 g/mol. The number of nitrogens with zero attached hydrogens (tertiary/aromatic N) is 1. The monoisotopic (exact) mass is 226 g/mol. The fourth-order valence-electron chi connectivity index (χ4n) is 1.30. The second-order valence-corrected chi connectivity index (χ2v) is 3.54. The molecule has 5 N–H and O–H groups in total. The summed E-state index contributed by atoms with van der Waals surface area (Å²) in [7, 11) is 0. The second kappa shape index (κ2) is 4.91. The van der Waals surface area contributed by atoms with Crippen molar-refractivity contribution in [1.82, 2.24) is 4.98 Å². The zero-order chi connectivity index (χ0) is 12.3. The number of carboxylic acid groups (broad SMARTS) is 1. The first-order valence-electron chi connectivity index (χ1n) is 4.72. The van der Waals surface area contributed by atoms with Gasteiger partial charge in [-0.3, -0.25) is 9.78 Å². The maximum absolute atomic E-state index is 10.4. The standard InChI is InChI=1S/C10H14N2O4/c1-5-2-3-12-9(8(5)11)10(16)6(13)4-7(14)15/h2-3,6,10,13,16H,4,11H2,1H3,(H,14,15). The fourth-order valence-corrected chi connectivity index (χ4v) is 1.30. The number of rotatable bonds is 4. The summed E-state index contributed by atoms with van der Waals surface area (Å²) in [6.45, 7) is 1.73. The van der Waals surface area contributed by atoms with Crippen molar-refractivity contribution in [3.63, 3.8) is 0 Å². The molecule has 0 aliphatic rings. The van der Waals surface area contributed by atoms with E-state index in [0.29, 0.717) is 5.56 Å². The number of carboxylic acids is 1. The van der Waals surface area contributed by atoms with E-state index in [1.54, 1.807) is 13.0 Å². The number of aliphatic carboxylic acids is 1. The highest BCUT2D eigenvalue weighted by molar-refractivity contribution is 5.67. The number of nitrogens with two attached hydrogens (primary N) is 1. The van der Waals surface area contributed by atoms with Crippen molar-refractivity contribution in [2.24, 2.45) is 0 Å².